The summed E-state index contributed by atoms with van der Waals surface area (Å²) in [5.74, 6) is 0.186. The molecule has 0 fully saturated rings. The fourth-order valence-electron chi connectivity index (χ4n) is 3.14. The Kier molecular flexibility index (Phi) is 7.44. The van der Waals surface area contributed by atoms with E-state index in [1.165, 1.54) is 0 Å². The van der Waals surface area contributed by atoms with Crippen molar-refractivity contribution in [2.45, 2.75) is 45.9 Å². The molecule has 1 aromatic carbocycles. The predicted octanol–water partition coefficient (Wildman–Crippen LogP) is 6.80. The fourth-order valence-corrected chi connectivity index (χ4v) is 3.86. The zero-order chi connectivity index (χ0) is 23.7. The number of fused-ring (bicyclic) bond motifs is 1. The Morgan fingerprint density at radius 1 is 1.16 bits per heavy atom. The van der Waals surface area contributed by atoms with Gasteiger partial charge in [-0.1, -0.05) is 37.0 Å². The molecule has 1 amide bonds. The molecule has 2 aromatic heterocycles. The van der Waals surface area contributed by atoms with E-state index < -0.39 is 17.4 Å². The largest absolute Gasteiger partial charge is 0.444 e. The second kappa shape index (κ2) is 9.59. The highest BCUT2D eigenvalue weighted by atomic mass is 79.9. The molecule has 1 N–H and O–H groups in total. The van der Waals surface area contributed by atoms with Crippen LogP contribution in [0.1, 0.15) is 45.7 Å². The third kappa shape index (κ3) is 5.57. The number of rotatable bonds is 6. The molecule has 0 saturated heterocycles. The van der Waals surface area contributed by atoms with Gasteiger partial charge in [0.2, 0.25) is 0 Å². The van der Waals surface area contributed by atoms with Crippen LogP contribution in [0.4, 0.5) is 4.79 Å². The minimum atomic E-state index is -1.42. The fraction of sp³-hybridized carbons (Fsp3) is 0.391. The van der Waals surface area contributed by atoms with Crippen LogP contribution >= 0.6 is 39.1 Å². The molecule has 32 heavy (non-hydrogen) atoms. The Labute approximate surface area is 206 Å². The normalized spacial score (nSPS) is 13.9. The molecule has 9 heteroatoms. The molecule has 0 spiro atoms. The first-order valence-electron chi connectivity index (χ1n) is 10.1. The number of nitrogens with zero attached hydrogens (tertiary/aromatic N) is 2. The van der Waals surface area contributed by atoms with Crippen molar-refractivity contribution in [3.05, 3.63) is 68.5 Å². The van der Waals surface area contributed by atoms with Gasteiger partial charge in [-0.25, -0.2) is 9.78 Å². The van der Waals surface area contributed by atoms with E-state index in [0.29, 0.717) is 37.9 Å². The van der Waals surface area contributed by atoms with Gasteiger partial charge in [0.05, 0.1) is 21.1 Å². The molecule has 2 heterocycles. The van der Waals surface area contributed by atoms with Crippen LogP contribution in [0.2, 0.25) is 10.0 Å². The van der Waals surface area contributed by atoms with Gasteiger partial charge in [-0.3, -0.25) is 5.32 Å². The lowest BCUT2D eigenvalue weighted by Gasteiger charge is -2.37. The molecule has 0 aliphatic heterocycles. The number of hydrogen-bond donors (Lipinski definition) is 1. The van der Waals surface area contributed by atoms with Crippen molar-refractivity contribution in [2.24, 2.45) is 5.92 Å². The zero-order valence-corrected chi connectivity index (χ0v) is 21.7. The van der Waals surface area contributed by atoms with Gasteiger partial charge in [-0.15, -0.1) is 0 Å². The van der Waals surface area contributed by atoms with Gasteiger partial charge in [0.1, 0.15) is 11.2 Å². The Morgan fingerprint density at radius 2 is 1.81 bits per heavy atom. The van der Waals surface area contributed by atoms with E-state index >= 15 is 0 Å². The quantitative estimate of drug-likeness (QED) is 0.274. The van der Waals surface area contributed by atoms with Gasteiger partial charge < -0.3 is 13.9 Å². The third-order valence-electron chi connectivity index (χ3n) is 4.50. The smallest absolute Gasteiger partial charge is 0.410 e. The SMILES string of the molecule is CC(C)COC(NC(=O)OC(C)(C)C)(c1cc(Cl)c(Br)c(Cl)c1)c1ccn2ccnc2c1. The molecule has 6 nitrogen and oxygen atoms in total. The number of carbonyl (C=O) groups is 1. The van der Waals surface area contributed by atoms with E-state index in [-0.39, 0.29) is 5.92 Å². The molecule has 1 unspecified atom stereocenters. The summed E-state index contributed by atoms with van der Waals surface area (Å²) in [7, 11) is 0. The standard InChI is InChI=1S/C23H26BrCl2N3O3/c1-14(2)13-31-23(28-21(30)32-22(3,4)5,16-10-17(25)20(24)18(26)11-16)15-6-8-29-9-7-27-19(29)12-15/h6-12,14H,13H2,1-5H3,(H,28,30). The van der Waals surface area contributed by atoms with Crippen molar-refractivity contribution in [3.8, 4) is 0 Å². The summed E-state index contributed by atoms with van der Waals surface area (Å²) in [5.41, 5.74) is -0.222. The van der Waals surface area contributed by atoms with Crippen molar-refractivity contribution in [1.29, 1.82) is 0 Å². The first kappa shape index (κ1) is 24.8. The number of imidazole rings is 1. The summed E-state index contributed by atoms with van der Waals surface area (Å²) in [4.78, 5) is 17.4. The maximum Gasteiger partial charge on any atom is 0.410 e. The zero-order valence-electron chi connectivity index (χ0n) is 18.6. The summed E-state index contributed by atoms with van der Waals surface area (Å²) in [6, 6.07) is 7.13. The molecule has 0 saturated carbocycles. The maximum absolute atomic E-state index is 13.0. The minimum absolute atomic E-state index is 0.186. The number of hydrogen-bond acceptors (Lipinski definition) is 4. The third-order valence-corrected chi connectivity index (χ3v) is 6.41. The lowest BCUT2D eigenvalue weighted by molar-refractivity contribution is -0.0600. The second-order valence-electron chi connectivity index (χ2n) is 8.87. The average molecular weight is 543 g/mol. The molecule has 0 aliphatic carbocycles. The van der Waals surface area contributed by atoms with Gasteiger partial charge in [-0.05, 0) is 66.9 Å². The summed E-state index contributed by atoms with van der Waals surface area (Å²) in [6.07, 6.45) is 4.75. The van der Waals surface area contributed by atoms with Gasteiger partial charge in [-0.2, -0.15) is 0 Å². The number of alkyl carbamates (subject to hydrolysis) is 1. The number of pyridine rings is 1. The highest BCUT2D eigenvalue weighted by molar-refractivity contribution is 9.10. The monoisotopic (exact) mass is 541 g/mol. The average Bonchev–Trinajstić information content (AvgIpc) is 3.15. The number of nitrogens with one attached hydrogen (secondary N) is 1. The first-order valence-corrected chi connectivity index (χ1v) is 11.7. The molecular weight excluding hydrogens is 517 g/mol. The van der Waals surface area contributed by atoms with Crippen LogP contribution in [0.3, 0.4) is 0 Å². The van der Waals surface area contributed by atoms with E-state index in [9.17, 15) is 4.79 Å². The van der Waals surface area contributed by atoms with Crippen molar-refractivity contribution in [3.63, 3.8) is 0 Å². The Bertz CT molecular complexity index is 1100. The second-order valence-corrected chi connectivity index (χ2v) is 10.5. The van der Waals surface area contributed by atoms with Crippen molar-refractivity contribution in [1.82, 2.24) is 14.7 Å². The van der Waals surface area contributed by atoms with Crippen molar-refractivity contribution >= 4 is 50.9 Å². The highest BCUT2D eigenvalue weighted by Crippen LogP contribution is 2.39. The summed E-state index contributed by atoms with van der Waals surface area (Å²) in [6.45, 7) is 9.80. The predicted molar refractivity (Wildman–Crippen MR) is 130 cm³/mol. The van der Waals surface area contributed by atoms with Gasteiger partial charge in [0, 0.05) is 29.7 Å². The molecule has 0 radical (unpaired) electrons. The summed E-state index contributed by atoms with van der Waals surface area (Å²) in [5, 5.41) is 3.73. The molecule has 3 rings (SSSR count). The van der Waals surface area contributed by atoms with Crippen LogP contribution in [0.15, 0.2) is 47.3 Å². The Morgan fingerprint density at radius 3 is 2.41 bits per heavy atom. The van der Waals surface area contributed by atoms with Gasteiger partial charge in [0.25, 0.3) is 0 Å². The lowest BCUT2D eigenvalue weighted by atomic mass is 9.94. The van der Waals surface area contributed by atoms with Crippen molar-refractivity contribution in [2.75, 3.05) is 6.61 Å². The van der Waals surface area contributed by atoms with Crippen molar-refractivity contribution < 1.29 is 14.3 Å². The van der Waals surface area contributed by atoms with E-state index in [1.807, 2.05) is 42.8 Å². The molecular formula is C23H26BrCl2N3O3. The van der Waals surface area contributed by atoms with E-state index in [4.69, 9.17) is 32.7 Å². The van der Waals surface area contributed by atoms with Crippen LogP contribution in [-0.2, 0) is 15.2 Å². The number of ether oxygens (including phenoxy) is 2. The maximum atomic E-state index is 13.0. The molecule has 0 aliphatic rings. The number of amides is 1. The molecule has 3 aromatic rings. The minimum Gasteiger partial charge on any atom is -0.444 e. The molecule has 172 valence electrons. The van der Waals surface area contributed by atoms with Crippen LogP contribution in [0, 0.1) is 5.92 Å². The number of carbonyl (C=O) groups excluding carboxylic acids is 1. The summed E-state index contributed by atoms with van der Waals surface area (Å²) >= 11 is 16.3. The van der Waals surface area contributed by atoms with Crippen LogP contribution in [0.5, 0.6) is 0 Å². The topological polar surface area (TPSA) is 64.9 Å². The van der Waals surface area contributed by atoms with Gasteiger partial charge in [0.15, 0.2) is 5.72 Å². The lowest BCUT2D eigenvalue weighted by Crippen LogP contribution is -2.51. The summed E-state index contributed by atoms with van der Waals surface area (Å²) < 4.78 is 14.4. The van der Waals surface area contributed by atoms with Crippen LogP contribution in [0.25, 0.3) is 5.65 Å². The van der Waals surface area contributed by atoms with Crippen LogP contribution in [-0.4, -0.2) is 27.7 Å². The van der Waals surface area contributed by atoms with E-state index in [0.717, 1.165) is 0 Å². The highest BCUT2D eigenvalue weighted by Gasteiger charge is 2.40. The Balaban J connectivity index is 2.24. The van der Waals surface area contributed by atoms with E-state index in [1.54, 1.807) is 39.1 Å². The number of benzene rings is 1. The molecule has 1 atom stereocenters. The van der Waals surface area contributed by atoms with Crippen LogP contribution < -0.4 is 5.32 Å². The molecule has 0 bridgehead atoms. The van der Waals surface area contributed by atoms with E-state index in [2.05, 4.69) is 26.2 Å². The Hall–Kier alpha value is -1.80. The first-order chi connectivity index (χ1) is 14.9. The number of aromatic nitrogens is 2. The number of halogens is 3. The van der Waals surface area contributed by atoms with Gasteiger partial charge >= 0.3 is 6.09 Å².